The van der Waals surface area contributed by atoms with Gasteiger partial charge in [-0.25, -0.2) is 24.6 Å². The summed E-state index contributed by atoms with van der Waals surface area (Å²) in [6.45, 7) is 4.47. The fourth-order valence-electron chi connectivity index (χ4n) is 4.56. The first-order chi connectivity index (χ1) is 14.9. The van der Waals surface area contributed by atoms with Crippen LogP contribution in [0, 0.1) is 5.41 Å². The zero-order valence-corrected chi connectivity index (χ0v) is 16.5. The van der Waals surface area contributed by atoms with Gasteiger partial charge in [-0.2, -0.15) is 18.3 Å². The minimum Gasteiger partial charge on any atom is -0.377 e. The number of rotatable bonds is 3. The summed E-state index contributed by atoms with van der Waals surface area (Å²) in [5.74, 6) is -0.289. The largest absolute Gasteiger partial charge is 0.451 e. The maximum absolute atomic E-state index is 12.7. The molecule has 0 atom stereocenters. The molecule has 3 fully saturated rings. The molecule has 0 unspecified atom stereocenters. The van der Waals surface area contributed by atoms with Crippen molar-refractivity contribution in [3.8, 4) is 0 Å². The molecule has 31 heavy (non-hydrogen) atoms. The number of ether oxygens (including phenoxy) is 1. The number of halogens is 3. The summed E-state index contributed by atoms with van der Waals surface area (Å²) in [5.41, 5.74) is 2.23. The highest BCUT2D eigenvalue weighted by Crippen LogP contribution is 2.42. The molecule has 6 heterocycles. The van der Waals surface area contributed by atoms with Crippen LogP contribution < -0.4 is 9.80 Å². The van der Waals surface area contributed by atoms with E-state index in [0.29, 0.717) is 18.9 Å². The number of aromatic nitrogens is 6. The Kier molecular flexibility index (Phi) is 3.92. The zero-order chi connectivity index (χ0) is 21.2. The number of hydrogen-bond acceptors (Lipinski definition) is 8. The van der Waals surface area contributed by atoms with Gasteiger partial charge < -0.3 is 14.5 Å². The Labute approximate surface area is 174 Å². The molecule has 0 N–H and O–H groups in total. The van der Waals surface area contributed by atoms with Crippen molar-refractivity contribution in [1.82, 2.24) is 29.7 Å². The van der Waals surface area contributed by atoms with Gasteiger partial charge in [0.05, 0.1) is 43.7 Å². The van der Waals surface area contributed by atoms with Crippen LogP contribution in [-0.4, -0.2) is 69.1 Å². The molecule has 3 aliphatic heterocycles. The highest BCUT2D eigenvalue weighted by molar-refractivity contribution is 5.71. The molecule has 6 rings (SSSR count). The molecule has 9 nitrogen and oxygen atoms in total. The first-order valence-corrected chi connectivity index (χ1v) is 10.1. The first kappa shape index (κ1) is 18.7. The van der Waals surface area contributed by atoms with E-state index in [-0.39, 0.29) is 11.5 Å². The SMILES string of the molecule is FC(F)(F)c1ncc(N2CC3(CCN(c4cnc5cnn(C6COC6)c5n4)C3)C2)cn1. The van der Waals surface area contributed by atoms with Gasteiger partial charge in [0.15, 0.2) is 5.65 Å². The second-order valence-corrected chi connectivity index (χ2v) is 8.51. The molecule has 0 radical (unpaired) electrons. The van der Waals surface area contributed by atoms with Crippen molar-refractivity contribution < 1.29 is 17.9 Å². The Bertz CT molecular complexity index is 1120. The Morgan fingerprint density at radius 1 is 0.968 bits per heavy atom. The van der Waals surface area contributed by atoms with Crippen LogP contribution in [-0.2, 0) is 10.9 Å². The third-order valence-corrected chi connectivity index (χ3v) is 6.33. The predicted molar refractivity (Wildman–Crippen MR) is 104 cm³/mol. The molecule has 3 aromatic heterocycles. The fourth-order valence-corrected chi connectivity index (χ4v) is 4.56. The zero-order valence-electron chi connectivity index (χ0n) is 16.5. The van der Waals surface area contributed by atoms with E-state index in [4.69, 9.17) is 9.72 Å². The monoisotopic (exact) mass is 432 g/mol. The molecule has 0 bridgehead atoms. The molecule has 1 spiro atoms. The maximum Gasteiger partial charge on any atom is 0.451 e. The van der Waals surface area contributed by atoms with Crippen LogP contribution >= 0.6 is 0 Å². The Hall–Kier alpha value is -3.02. The molecule has 0 amide bonds. The number of anilines is 2. The smallest absolute Gasteiger partial charge is 0.377 e. The molecular formula is C19H19F3N8O. The van der Waals surface area contributed by atoms with E-state index < -0.39 is 12.0 Å². The Morgan fingerprint density at radius 3 is 2.39 bits per heavy atom. The van der Waals surface area contributed by atoms with E-state index in [9.17, 15) is 13.2 Å². The minimum atomic E-state index is -4.52. The molecule has 12 heteroatoms. The predicted octanol–water partition coefficient (Wildman–Crippen LogP) is 1.92. The van der Waals surface area contributed by atoms with E-state index in [0.717, 1.165) is 49.6 Å². The van der Waals surface area contributed by atoms with Crippen molar-refractivity contribution in [1.29, 1.82) is 0 Å². The van der Waals surface area contributed by atoms with Crippen LogP contribution in [0.4, 0.5) is 24.7 Å². The van der Waals surface area contributed by atoms with Gasteiger partial charge in [-0.3, -0.25) is 0 Å². The van der Waals surface area contributed by atoms with E-state index in [1.807, 2.05) is 9.58 Å². The fraction of sp³-hybridized carbons (Fsp3) is 0.526. The summed E-state index contributed by atoms with van der Waals surface area (Å²) in [6, 6.07) is 0.207. The summed E-state index contributed by atoms with van der Waals surface area (Å²) in [5, 5.41) is 4.41. The Morgan fingerprint density at radius 2 is 1.71 bits per heavy atom. The van der Waals surface area contributed by atoms with Crippen LogP contribution in [0.2, 0.25) is 0 Å². The molecule has 3 saturated heterocycles. The minimum absolute atomic E-state index is 0.0847. The van der Waals surface area contributed by atoms with Crippen LogP contribution in [0.3, 0.4) is 0 Å². The van der Waals surface area contributed by atoms with E-state index in [2.05, 4.69) is 25.0 Å². The van der Waals surface area contributed by atoms with Gasteiger partial charge in [0.25, 0.3) is 0 Å². The van der Waals surface area contributed by atoms with Crippen LogP contribution in [0.25, 0.3) is 11.2 Å². The molecular weight excluding hydrogens is 413 g/mol. The number of alkyl halides is 3. The summed E-state index contributed by atoms with van der Waals surface area (Å²) in [6.07, 6.45) is 2.47. The topological polar surface area (TPSA) is 85.1 Å². The molecule has 0 saturated carbocycles. The average molecular weight is 432 g/mol. The molecule has 3 aliphatic rings. The van der Waals surface area contributed by atoms with Crippen molar-refractivity contribution in [2.24, 2.45) is 5.41 Å². The lowest BCUT2D eigenvalue weighted by atomic mass is 9.79. The first-order valence-electron chi connectivity index (χ1n) is 10.1. The van der Waals surface area contributed by atoms with Crippen LogP contribution in [0.15, 0.2) is 24.8 Å². The van der Waals surface area contributed by atoms with E-state index in [1.165, 1.54) is 12.4 Å². The van der Waals surface area contributed by atoms with Crippen molar-refractivity contribution in [2.45, 2.75) is 18.6 Å². The van der Waals surface area contributed by atoms with Gasteiger partial charge in [0.1, 0.15) is 17.4 Å². The third-order valence-electron chi connectivity index (χ3n) is 6.33. The van der Waals surface area contributed by atoms with Crippen molar-refractivity contribution in [2.75, 3.05) is 49.2 Å². The molecule has 0 aliphatic carbocycles. The van der Waals surface area contributed by atoms with E-state index >= 15 is 0 Å². The highest BCUT2D eigenvalue weighted by atomic mass is 19.4. The summed E-state index contributed by atoms with van der Waals surface area (Å²) in [7, 11) is 0. The number of hydrogen-bond donors (Lipinski definition) is 0. The standard InChI is InChI=1S/C19H19F3N8O/c20-19(21,22)17-24-3-12(4-25-17)29-10-18(11-29)1-2-28(9-18)15-6-23-14-5-26-30(16(14)27-15)13-7-31-8-13/h3-6,13H,1-2,7-11H2. The molecule has 162 valence electrons. The van der Waals surface area contributed by atoms with Crippen molar-refractivity contribution >= 4 is 22.7 Å². The number of nitrogens with zero attached hydrogens (tertiary/aromatic N) is 8. The highest BCUT2D eigenvalue weighted by Gasteiger charge is 2.48. The lowest BCUT2D eigenvalue weighted by Gasteiger charge is -2.49. The lowest BCUT2D eigenvalue weighted by Crippen LogP contribution is -2.57. The average Bonchev–Trinajstić information content (AvgIpc) is 3.30. The van der Waals surface area contributed by atoms with Crippen LogP contribution in [0.5, 0.6) is 0 Å². The van der Waals surface area contributed by atoms with Crippen molar-refractivity contribution in [3.05, 3.63) is 30.6 Å². The van der Waals surface area contributed by atoms with Gasteiger partial charge in [-0.05, 0) is 6.42 Å². The summed E-state index contributed by atoms with van der Waals surface area (Å²) in [4.78, 5) is 20.5. The Balaban J connectivity index is 1.15. The summed E-state index contributed by atoms with van der Waals surface area (Å²) < 4.78 is 45.1. The summed E-state index contributed by atoms with van der Waals surface area (Å²) >= 11 is 0. The van der Waals surface area contributed by atoms with Crippen LogP contribution in [0.1, 0.15) is 18.3 Å². The third kappa shape index (κ3) is 3.08. The van der Waals surface area contributed by atoms with Gasteiger partial charge >= 0.3 is 6.18 Å². The normalized spacial score (nSPS) is 21.0. The van der Waals surface area contributed by atoms with Gasteiger partial charge in [-0.1, -0.05) is 0 Å². The maximum atomic E-state index is 12.7. The second kappa shape index (κ2) is 6.49. The van der Waals surface area contributed by atoms with E-state index in [1.54, 1.807) is 12.4 Å². The van der Waals surface area contributed by atoms with Gasteiger partial charge in [0.2, 0.25) is 5.82 Å². The molecule has 0 aromatic carbocycles. The van der Waals surface area contributed by atoms with Gasteiger partial charge in [0, 0.05) is 31.6 Å². The van der Waals surface area contributed by atoms with Crippen molar-refractivity contribution in [3.63, 3.8) is 0 Å². The second-order valence-electron chi connectivity index (χ2n) is 8.51. The quantitative estimate of drug-likeness (QED) is 0.621. The van der Waals surface area contributed by atoms with Gasteiger partial charge in [-0.15, -0.1) is 0 Å². The number of fused-ring (bicyclic) bond motifs is 1. The lowest BCUT2D eigenvalue weighted by molar-refractivity contribution is -0.145. The molecule has 3 aromatic rings.